The second-order valence-electron chi connectivity index (χ2n) is 6.35. The summed E-state index contributed by atoms with van der Waals surface area (Å²) in [4.78, 5) is 0. The van der Waals surface area contributed by atoms with E-state index >= 15 is 0 Å². The molecule has 0 spiro atoms. The number of hydrogen-bond acceptors (Lipinski definition) is 2. The molecule has 0 aromatic rings. The third kappa shape index (κ3) is 11.2. The third-order valence-corrected chi connectivity index (χ3v) is 45.8. The Morgan fingerprint density at radius 1 is 0.714 bits per heavy atom. The third-order valence-electron chi connectivity index (χ3n) is 4.02. The predicted molar refractivity (Wildman–Crippen MR) is 103 cm³/mol. The van der Waals surface area contributed by atoms with Gasteiger partial charge >= 0.3 is 150 Å². The van der Waals surface area contributed by atoms with Gasteiger partial charge in [0.25, 0.3) is 0 Å². The minimum atomic E-state index is -3.31. The Hall–Kier alpha value is 2.00. The molecule has 0 aliphatic heterocycles. The van der Waals surface area contributed by atoms with Crippen LogP contribution in [0.4, 0.5) is 0 Å². The maximum atomic E-state index is 11.2. The van der Waals surface area contributed by atoms with E-state index in [4.69, 9.17) is 1.41 Å². The molecule has 21 heavy (non-hydrogen) atoms. The fraction of sp³-hybridized carbons (Fsp3) is 1.00. The van der Waals surface area contributed by atoms with Crippen LogP contribution in [0.2, 0.25) is 17.7 Å². The van der Waals surface area contributed by atoms with E-state index in [-0.39, 0.29) is 0 Å². The van der Waals surface area contributed by atoms with Gasteiger partial charge in [0, 0.05) is 0 Å². The average Bonchev–Trinajstić information content (AvgIpc) is 2.47. The van der Waals surface area contributed by atoms with Crippen LogP contribution in [0.5, 0.6) is 0 Å². The van der Waals surface area contributed by atoms with Crippen molar-refractivity contribution in [3.8, 4) is 0 Å². The topological polar surface area (TPSA) is 29.5 Å². The molecule has 0 amide bonds. The number of unbranched alkanes of at least 4 members (excludes halogenated alkanes) is 4. The van der Waals surface area contributed by atoms with E-state index < -0.39 is 35.8 Å². The molecule has 0 rings (SSSR count). The van der Waals surface area contributed by atoms with Crippen molar-refractivity contribution in [1.82, 2.24) is 0 Å². The second kappa shape index (κ2) is 13.3. The molecule has 5 heteroatoms. The molecule has 0 aliphatic rings. The zero-order chi connectivity index (χ0) is 16.2. The van der Waals surface area contributed by atoms with Crippen LogP contribution in [0.3, 0.4) is 0 Å². The summed E-state index contributed by atoms with van der Waals surface area (Å²) in [5, 5.41) is 0. The molecule has 0 aromatic carbocycles. The fourth-order valence-electron chi connectivity index (χ4n) is 2.58. The summed E-state index contributed by atoms with van der Waals surface area (Å²) >= 11 is -1.91. The van der Waals surface area contributed by atoms with Crippen LogP contribution < -0.4 is 0 Å². The van der Waals surface area contributed by atoms with Crippen LogP contribution >= 0.6 is 12.7 Å². The Morgan fingerprint density at radius 3 is 1.38 bits per heavy atom. The van der Waals surface area contributed by atoms with E-state index in [0.29, 0.717) is 0 Å². The Morgan fingerprint density at radius 2 is 1.05 bits per heavy atom. The monoisotopic (exact) mass is 580 g/mol. The van der Waals surface area contributed by atoms with Crippen molar-refractivity contribution in [3.05, 3.63) is 0 Å². The summed E-state index contributed by atoms with van der Waals surface area (Å²) in [7, 11) is 0. The predicted octanol–water partition coefficient (Wildman–Crippen LogP) is 6.48. The Bertz CT molecular complexity index is 212. The first-order valence-electron chi connectivity index (χ1n) is 9.06. The molecule has 0 saturated heterocycles. The molecule has 0 bridgehead atoms. The molecular formula is C16H37BrO2Sn2. The van der Waals surface area contributed by atoms with Gasteiger partial charge in [0.1, 0.15) is 0 Å². The number of halogens is 1. The van der Waals surface area contributed by atoms with Gasteiger partial charge in [-0.25, -0.2) is 0 Å². The van der Waals surface area contributed by atoms with E-state index in [1.54, 1.807) is 0 Å². The molecule has 1 N–H and O–H groups in total. The van der Waals surface area contributed by atoms with E-state index in [0.717, 1.165) is 21.7 Å². The SMILES string of the molecule is CCC[CH2][Sn]([OH])([CH2]CCC)[O][Sn]([Br])([CH2]CCC)[CH2]CCC. The van der Waals surface area contributed by atoms with Crippen LogP contribution in [0.1, 0.15) is 79.1 Å². The minimum absolute atomic E-state index is 1.01. The zero-order valence-corrected chi connectivity index (χ0v) is 22.0. The van der Waals surface area contributed by atoms with Crippen LogP contribution in [-0.4, -0.2) is 39.2 Å². The van der Waals surface area contributed by atoms with Crippen molar-refractivity contribution in [2.45, 2.75) is 96.8 Å². The summed E-state index contributed by atoms with van der Waals surface area (Å²) in [6, 6.07) is 0. The van der Waals surface area contributed by atoms with E-state index in [1.807, 2.05) is 0 Å². The Balaban J connectivity index is 4.80. The Labute approximate surface area is 148 Å². The van der Waals surface area contributed by atoms with Crippen molar-refractivity contribution in [3.63, 3.8) is 0 Å². The standard InChI is InChI=1S/4C4H9.BrH.H2O.O.2Sn/c4*1-3-4-2;;;;;/h4*1,3-4H2,2H3;1H;1H2;;;/q;;;;;;;2*+1/p-2. The molecule has 0 saturated carbocycles. The molecule has 0 radical (unpaired) electrons. The van der Waals surface area contributed by atoms with Crippen LogP contribution in [0.15, 0.2) is 0 Å². The Kier molecular flexibility index (Phi) is 14.6. The first kappa shape index (κ1) is 23.0. The van der Waals surface area contributed by atoms with Gasteiger partial charge in [-0.2, -0.15) is 0 Å². The zero-order valence-electron chi connectivity index (χ0n) is 14.7. The summed E-state index contributed by atoms with van der Waals surface area (Å²) in [6.07, 6.45) is 9.62. The quantitative estimate of drug-likeness (QED) is 0.239. The molecular weight excluding hydrogens is 542 g/mol. The van der Waals surface area contributed by atoms with Crippen LogP contribution in [0.25, 0.3) is 0 Å². The first-order valence-corrected chi connectivity index (χ1v) is 27.1. The molecule has 2 nitrogen and oxygen atoms in total. The van der Waals surface area contributed by atoms with Crippen LogP contribution in [0, 0.1) is 0 Å². The normalized spacial score (nSPS) is 12.9. The molecule has 128 valence electrons. The molecule has 0 aliphatic carbocycles. The van der Waals surface area contributed by atoms with Crippen molar-refractivity contribution >= 4 is 48.5 Å². The van der Waals surface area contributed by atoms with Gasteiger partial charge in [0.05, 0.1) is 0 Å². The summed E-state index contributed by atoms with van der Waals surface area (Å²) in [5.74, 6) is 0. The number of rotatable bonds is 14. The van der Waals surface area contributed by atoms with Crippen LogP contribution in [-0.2, 0) is 1.41 Å². The van der Waals surface area contributed by atoms with Crippen molar-refractivity contribution in [2.75, 3.05) is 0 Å². The molecule has 0 atom stereocenters. The summed E-state index contributed by atoms with van der Waals surface area (Å²) in [6.45, 7) is 8.93. The van der Waals surface area contributed by atoms with Gasteiger partial charge in [0.2, 0.25) is 0 Å². The van der Waals surface area contributed by atoms with Crippen molar-refractivity contribution in [2.24, 2.45) is 0 Å². The molecule has 0 fully saturated rings. The van der Waals surface area contributed by atoms with E-state index in [9.17, 15) is 3.44 Å². The van der Waals surface area contributed by atoms with Gasteiger partial charge in [-0.15, -0.1) is 0 Å². The number of hydrogen-bond donors (Lipinski definition) is 1. The van der Waals surface area contributed by atoms with Crippen molar-refractivity contribution in [1.29, 1.82) is 0 Å². The van der Waals surface area contributed by atoms with Gasteiger partial charge in [-0.05, 0) is 0 Å². The first-order chi connectivity index (χ1) is 9.95. The van der Waals surface area contributed by atoms with E-state index in [1.165, 1.54) is 47.4 Å². The van der Waals surface area contributed by atoms with Gasteiger partial charge in [-0.1, -0.05) is 0 Å². The molecule has 0 unspecified atom stereocenters. The van der Waals surface area contributed by atoms with Crippen molar-refractivity contribution < 1.29 is 4.86 Å². The summed E-state index contributed by atoms with van der Waals surface area (Å²) < 4.78 is 22.4. The maximum absolute atomic E-state index is 11.2. The second-order valence-corrected chi connectivity index (χ2v) is 36.7. The van der Waals surface area contributed by atoms with Gasteiger partial charge in [0.15, 0.2) is 0 Å². The fourth-order valence-corrected chi connectivity index (χ4v) is 55.5. The average molecular weight is 579 g/mol. The summed E-state index contributed by atoms with van der Waals surface area (Å²) in [5.41, 5.74) is 0. The van der Waals surface area contributed by atoms with Gasteiger partial charge in [-0.3, -0.25) is 0 Å². The molecule has 0 aromatic heterocycles. The van der Waals surface area contributed by atoms with Gasteiger partial charge < -0.3 is 0 Å². The molecule has 0 heterocycles. The van der Waals surface area contributed by atoms with E-state index in [2.05, 4.69) is 40.4 Å².